The van der Waals surface area contributed by atoms with E-state index in [-0.39, 0.29) is 23.6 Å². The first kappa shape index (κ1) is 21.2. The van der Waals surface area contributed by atoms with Crippen molar-refractivity contribution < 1.29 is 14.3 Å². The zero-order valence-electron chi connectivity index (χ0n) is 17.4. The SMILES string of the molecule is Cc1nc(C(=O)O)c2n1-c1ccc(CC(Cl)N(C)C)cc1C(c1ccccc1F)=NC2. The fraction of sp³-hybridized carbons (Fsp3) is 0.261. The molecule has 31 heavy (non-hydrogen) atoms. The summed E-state index contributed by atoms with van der Waals surface area (Å²) in [7, 11) is 3.81. The van der Waals surface area contributed by atoms with Crippen molar-refractivity contribution in [3.63, 3.8) is 0 Å². The second kappa shape index (κ2) is 8.24. The molecule has 1 aliphatic rings. The van der Waals surface area contributed by atoms with Crippen LogP contribution < -0.4 is 0 Å². The smallest absolute Gasteiger partial charge is 0.356 e. The van der Waals surface area contributed by atoms with E-state index < -0.39 is 5.97 Å². The number of carbonyl (C=O) groups is 1. The molecule has 0 saturated carbocycles. The van der Waals surface area contributed by atoms with Gasteiger partial charge < -0.3 is 5.11 Å². The van der Waals surface area contributed by atoms with Gasteiger partial charge in [-0.25, -0.2) is 14.2 Å². The van der Waals surface area contributed by atoms with Crippen molar-refractivity contribution in [1.29, 1.82) is 0 Å². The zero-order chi connectivity index (χ0) is 22.3. The van der Waals surface area contributed by atoms with E-state index in [1.165, 1.54) is 6.07 Å². The van der Waals surface area contributed by atoms with Crippen LogP contribution in [0.4, 0.5) is 4.39 Å². The molecule has 1 aliphatic heterocycles. The maximum absolute atomic E-state index is 14.7. The molecule has 2 aromatic carbocycles. The normalized spacial score (nSPS) is 13.9. The quantitative estimate of drug-likeness (QED) is 0.480. The van der Waals surface area contributed by atoms with Crippen LogP contribution in [0.5, 0.6) is 0 Å². The number of likely N-dealkylation sites (N-methyl/N-ethyl adjacent to an activating group) is 1. The molecule has 1 unspecified atom stereocenters. The van der Waals surface area contributed by atoms with Gasteiger partial charge in [0.25, 0.3) is 0 Å². The van der Waals surface area contributed by atoms with Crippen LogP contribution in [0, 0.1) is 12.7 Å². The molecule has 0 aliphatic carbocycles. The van der Waals surface area contributed by atoms with Crippen molar-refractivity contribution in [3.05, 3.63) is 82.2 Å². The lowest BCUT2D eigenvalue weighted by Crippen LogP contribution is -2.24. The van der Waals surface area contributed by atoms with Gasteiger partial charge >= 0.3 is 5.97 Å². The van der Waals surface area contributed by atoms with Crippen LogP contribution in [-0.2, 0) is 13.0 Å². The van der Waals surface area contributed by atoms with Crippen LogP contribution in [0.25, 0.3) is 5.69 Å². The van der Waals surface area contributed by atoms with Gasteiger partial charge in [-0.05, 0) is 50.8 Å². The Kier molecular flexibility index (Phi) is 5.64. The first-order chi connectivity index (χ1) is 14.8. The Morgan fingerprint density at radius 3 is 2.68 bits per heavy atom. The molecule has 160 valence electrons. The topological polar surface area (TPSA) is 70.7 Å². The van der Waals surface area contributed by atoms with Crippen molar-refractivity contribution in [2.24, 2.45) is 4.99 Å². The van der Waals surface area contributed by atoms with Crippen LogP contribution in [0.1, 0.15) is 38.7 Å². The Balaban J connectivity index is 1.95. The highest BCUT2D eigenvalue weighted by Crippen LogP contribution is 2.30. The number of aryl methyl sites for hydroxylation is 1. The Labute approximate surface area is 184 Å². The molecule has 0 bridgehead atoms. The summed E-state index contributed by atoms with van der Waals surface area (Å²) in [6.07, 6.45) is 0.586. The second-order valence-corrected chi connectivity index (χ2v) is 8.20. The Bertz CT molecular complexity index is 1200. The number of carboxylic acids is 1. The van der Waals surface area contributed by atoms with Crippen LogP contribution in [0.15, 0.2) is 47.5 Å². The van der Waals surface area contributed by atoms with E-state index in [4.69, 9.17) is 11.6 Å². The van der Waals surface area contributed by atoms with E-state index in [0.29, 0.717) is 40.5 Å². The number of benzene rings is 2. The molecule has 0 fully saturated rings. The van der Waals surface area contributed by atoms with Crippen molar-refractivity contribution in [2.75, 3.05) is 14.1 Å². The van der Waals surface area contributed by atoms with Gasteiger partial charge in [-0.2, -0.15) is 0 Å². The number of carboxylic acid groups (broad SMARTS) is 1. The van der Waals surface area contributed by atoms with Gasteiger partial charge in [0.05, 0.1) is 29.1 Å². The molecule has 0 spiro atoms. The molecule has 6 nitrogen and oxygen atoms in total. The number of fused-ring (bicyclic) bond motifs is 3. The van der Waals surface area contributed by atoms with E-state index in [1.54, 1.807) is 29.7 Å². The average Bonchev–Trinajstić information content (AvgIpc) is 2.96. The fourth-order valence-electron chi connectivity index (χ4n) is 3.81. The summed E-state index contributed by atoms with van der Waals surface area (Å²) in [4.78, 5) is 22.6. The first-order valence-corrected chi connectivity index (χ1v) is 10.3. The molecule has 2 heterocycles. The predicted molar refractivity (Wildman–Crippen MR) is 118 cm³/mol. The minimum atomic E-state index is -1.12. The molecule has 0 saturated heterocycles. The maximum atomic E-state index is 14.7. The molecule has 1 N–H and O–H groups in total. The maximum Gasteiger partial charge on any atom is 0.356 e. The van der Waals surface area contributed by atoms with Crippen molar-refractivity contribution >= 4 is 23.3 Å². The third-order valence-electron chi connectivity index (χ3n) is 5.38. The fourth-order valence-corrected chi connectivity index (χ4v) is 3.99. The lowest BCUT2D eigenvalue weighted by molar-refractivity contribution is 0.0689. The van der Waals surface area contributed by atoms with E-state index in [1.807, 2.05) is 37.2 Å². The van der Waals surface area contributed by atoms with Crippen molar-refractivity contribution in [2.45, 2.75) is 25.4 Å². The predicted octanol–water partition coefficient (Wildman–Crippen LogP) is 4.04. The molecular weight excluding hydrogens is 419 g/mol. The number of halogens is 2. The molecule has 3 aromatic rings. The molecular formula is C23H22ClFN4O2. The third-order valence-corrected chi connectivity index (χ3v) is 5.93. The monoisotopic (exact) mass is 440 g/mol. The summed E-state index contributed by atoms with van der Waals surface area (Å²) < 4.78 is 16.5. The molecule has 0 radical (unpaired) electrons. The number of alkyl halides is 1. The van der Waals surface area contributed by atoms with Crippen molar-refractivity contribution in [3.8, 4) is 5.69 Å². The molecule has 4 rings (SSSR count). The van der Waals surface area contributed by atoms with E-state index in [9.17, 15) is 14.3 Å². The summed E-state index contributed by atoms with van der Waals surface area (Å²) in [5.41, 5.74) is 3.45. The standard InChI is InChI=1S/C23H22ClFN4O2/c1-13-27-22(23(30)31)19-12-26-21(15-6-4-5-7-17(15)25)16-10-14(11-20(24)28(2)3)8-9-18(16)29(13)19/h4-10,20H,11-12H2,1-3H3,(H,30,31). The number of imidazole rings is 1. The highest BCUT2D eigenvalue weighted by Gasteiger charge is 2.27. The number of rotatable bonds is 5. The molecule has 8 heteroatoms. The lowest BCUT2D eigenvalue weighted by Gasteiger charge is -2.19. The Morgan fingerprint density at radius 2 is 2.00 bits per heavy atom. The number of aliphatic imine (C=N–C) groups is 1. The highest BCUT2D eigenvalue weighted by molar-refractivity contribution is 6.20. The van der Waals surface area contributed by atoms with Gasteiger partial charge in [0.15, 0.2) is 5.69 Å². The minimum absolute atomic E-state index is 0.0421. The van der Waals surface area contributed by atoms with Crippen LogP contribution in [-0.4, -0.2) is 50.8 Å². The zero-order valence-corrected chi connectivity index (χ0v) is 18.2. The number of nitrogens with zero attached hydrogens (tertiary/aromatic N) is 4. The summed E-state index contributed by atoms with van der Waals surface area (Å²) >= 11 is 6.44. The average molecular weight is 441 g/mol. The van der Waals surface area contributed by atoms with Gasteiger partial charge in [0, 0.05) is 17.5 Å². The third kappa shape index (κ3) is 3.86. The van der Waals surface area contributed by atoms with E-state index in [2.05, 4.69) is 9.98 Å². The number of aromatic carboxylic acids is 1. The van der Waals surface area contributed by atoms with Crippen molar-refractivity contribution in [1.82, 2.24) is 14.5 Å². The number of aromatic nitrogens is 2. The van der Waals surface area contributed by atoms with Gasteiger partial charge in [0.1, 0.15) is 11.6 Å². The van der Waals surface area contributed by atoms with Gasteiger partial charge in [-0.15, -0.1) is 11.6 Å². The van der Waals surface area contributed by atoms with Crippen LogP contribution >= 0.6 is 11.6 Å². The van der Waals surface area contributed by atoms with E-state index >= 15 is 0 Å². The summed E-state index contributed by atoms with van der Waals surface area (Å²) in [6.45, 7) is 1.83. The minimum Gasteiger partial charge on any atom is -0.476 e. The van der Waals surface area contributed by atoms with Gasteiger partial charge in [0.2, 0.25) is 0 Å². The molecule has 1 atom stereocenters. The molecule has 0 amide bonds. The lowest BCUT2D eigenvalue weighted by atomic mass is 9.97. The van der Waals surface area contributed by atoms with Crippen LogP contribution in [0.3, 0.4) is 0 Å². The summed E-state index contributed by atoms with van der Waals surface area (Å²) in [5.74, 6) is -0.966. The van der Waals surface area contributed by atoms with Crippen LogP contribution in [0.2, 0.25) is 0 Å². The second-order valence-electron chi connectivity index (χ2n) is 7.69. The first-order valence-electron chi connectivity index (χ1n) is 9.83. The number of hydrogen-bond acceptors (Lipinski definition) is 4. The Hall–Kier alpha value is -3.03. The van der Waals surface area contributed by atoms with Gasteiger partial charge in [-0.3, -0.25) is 14.5 Å². The summed E-state index contributed by atoms with van der Waals surface area (Å²) in [6, 6.07) is 12.3. The molecule has 1 aromatic heterocycles. The number of hydrogen-bond donors (Lipinski definition) is 1. The van der Waals surface area contributed by atoms with Gasteiger partial charge in [-0.1, -0.05) is 18.2 Å². The highest BCUT2D eigenvalue weighted by atomic mass is 35.5. The summed E-state index contributed by atoms with van der Waals surface area (Å²) in [5, 5.41) is 9.61. The Morgan fingerprint density at radius 1 is 1.26 bits per heavy atom. The largest absolute Gasteiger partial charge is 0.476 e. The van der Waals surface area contributed by atoms with E-state index in [0.717, 1.165) is 5.56 Å².